The van der Waals surface area contributed by atoms with E-state index in [2.05, 4.69) is 10.00 Å². The molecule has 1 aromatic heterocycles. The Morgan fingerprint density at radius 1 is 0.972 bits per heavy atom. The van der Waals surface area contributed by atoms with E-state index in [0.717, 1.165) is 36.3 Å². The smallest absolute Gasteiger partial charge is 0.408 e. The fraction of sp³-hybridized carbons (Fsp3) is 0.560. The minimum Gasteiger partial charge on any atom is -0.455 e. The number of hydrogen-bond acceptors (Lipinski definition) is 6. The van der Waals surface area contributed by atoms with Crippen molar-refractivity contribution in [1.29, 1.82) is 0 Å². The Labute approximate surface area is 208 Å². The molecule has 1 unspecified atom stereocenters. The van der Waals surface area contributed by atoms with E-state index in [1.54, 1.807) is 32.9 Å². The van der Waals surface area contributed by atoms with Crippen molar-refractivity contribution in [1.82, 2.24) is 19.6 Å². The molecule has 0 bridgehead atoms. The molecule has 1 aromatic carbocycles. The van der Waals surface area contributed by atoms with E-state index in [9.17, 15) is 22.8 Å². The van der Waals surface area contributed by atoms with Crippen molar-refractivity contribution < 1.29 is 27.5 Å². The van der Waals surface area contributed by atoms with E-state index >= 15 is 0 Å². The molecular weight excluding hydrogens is 475 g/mol. The molecule has 0 radical (unpaired) electrons. The molecule has 3 heterocycles. The molecule has 36 heavy (non-hydrogen) atoms. The van der Waals surface area contributed by atoms with E-state index in [4.69, 9.17) is 4.74 Å². The molecule has 0 N–H and O–H groups in total. The van der Waals surface area contributed by atoms with Crippen LogP contribution in [0.5, 0.6) is 0 Å². The number of carbonyl (C=O) groups excluding carboxylic acids is 2. The van der Waals surface area contributed by atoms with Crippen LogP contribution in [-0.4, -0.2) is 82.6 Å². The highest BCUT2D eigenvalue weighted by Gasteiger charge is 2.46. The lowest BCUT2D eigenvalue weighted by molar-refractivity contribution is -0.189. The first-order chi connectivity index (χ1) is 16.9. The normalized spacial score (nSPS) is 18.4. The second kappa shape index (κ2) is 10.1. The maximum absolute atomic E-state index is 14.2. The molecule has 2 fully saturated rings. The number of piperazine rings is 1. The molecule has 0 aliphatic carbocycles. The van der Waals surface area contributed by atoms with Crippen molar-refractivity contribution in [3.63, 3.8) is 0 Å². The summed E-state index contributed by atoms with van der Waals surface area (Å²) in [5.74, 6) is -0.650. The maximum Gasteiger partial charge on any atom is 0.408 e. The molecule has 2 saturated heterocycles. The van der Waals surface area contributed by atoms with Crippen molar-refractivity contribution in [2.75, 3.05) is 44.2 Å². The fourth-order valence-electron chi connectivity index (χ4n) is 4.66. The summed E-state index contributed by atoms with van der Waals surface area (Å²) in [6, 6.07) is 5.84. The minimum atomic E-state index is -4.46. The quantitative estimate of drug-likeness (QED) is 0.574. The van der Waals surface area contributed by atoms with Gasteiger partial charge < -0.3 is 14.5 Å². The number of rotatable bonds is 4. The highest BCUT2D eigenvalue weighted by molar-refractivity contribution is 5.88. The summed E-state index contributed by atoms with van der Waals surface area (Å²) in [5.41, 5.74) is 0.310. The monoisotopic (exact) mass is 507 g/mol. The van der Waals surface area contributed by atoms with Gasteiger partial charge in [0.25, 0.3) is 0 Å². The Kier molecular flexibility index (Phi) is 7.31. The van der Waals surface area contributed by atoms with Crippen LogP contribution in [0.2, 0.25) is 0 Å². The van der Waals surface area contributed by atoms with Gasteiger partial charge in [0.15, 0.2) is 5.69 Å². The molecule has 11 heteroatoms. The van der Waals surface area contributed by atoms with Crippen molar-refractivity contribution in [3.8, 4) is 0 Å². The van der Waals surface area contributed by atoms with Crippen LogP contribution in [0.15, 0.2) is 36.5 Å². The van der Waals surface area contributed by atoms with Crippen LogP contribution in [0.1, 0.15) is 55.7 Å². The number of esters is 1. The third-order valence-corrected chi connectivity index (χ3v) is 6.31. The zero-order valence-corrected chi connectivity index (χ0v) is 20.8. The Hall–Kier alpha value is -3.08. The van der Waals surface area contributed by atoms with Gasteiger partial charge in [-0.25, -0.2) is 9.59 Å². The first-order valence-electron chi connectivity index (χ1n) is 12.2. The molecule has 2 aliphatic heterocycles. The number of carbonyl (C=O) groups is 2. The number of nitrogens with zero attached hydrogens (tertiary/aromatic N) is 5. The van der Waals surface area contributed by atoms with E-state index in [1.165, 1.54) is 28.1 Å². The van der Waals surface area contributed by atoms with E-state index in [-0.39, 0.29) is 37.4 Å². The Bertz CT molecular complexity index is 1080. The molecule has 1 atom stereocenters. The number of amides is 1. The summed E-state index contributed by atoms with van der Waals surface area (Å²) in [6.45, 7) is 7.22. The van der Waals surface area contributed by atoms with Crippen LogP contribution < -0.4 is 4.90 Å². The van der Waals surface area contributed by atoms with Crippen LogP contribution in [-0.2, 0) is 4.74 Å². The number of alkyl halides is 3. The van der Waals surface area contributed by atoms with E-state index < -0.39 is 29.8 Å². The number of hydrogen-bond donors (Lipinski definition) is 0. The molecule has 4 rings (SSSR count). The minimum absolute atomic E-state index is 0.00747. The van der Waals surface area contributed by atoms with Crippen LogP contribution in [0, 0.1) is 0 Å². The zero-order chi connectivity index (χ0) is 26.1. The average molecular weight is 508 g/mol. The number of aromatic nitrogens is 2. The van der Waals surface area contributed by atoms with Crippen molar-refractivity contribution in [3.05, 3.63) is 47.8 Å². The van der Waals surface area contributed by atoms with E-state index in [1.807, 2.05) is 6.07 Å². The van der Waals surface area contributed by atoms with Crippen LogP contribution >= 0.6 is 0 Å². The topological polar surface area (TPSA) is 70.9 Å². The van der Waals surface area contributed by atoms with Gasteiger partial charge in [-0.3, -0.25) is 4.90 Å². The van der Waals surface area contributed by atoms with Gasteiger partial charge in [0, 0.05) is 51.2 Å². The fourth-order valence-corrected chi connectivity index (χ4v) is 4.66. The standard InChI is InChI=1S/C25H32F3N5O3/c1-24(2,3)36-22(34)20-9-12-33(29-20)23(35)32-15-13-31(14-16-32)21(25(26,27)28)18-7-6-8-19(17-18)30-10-4-5-11-30/h6-9,12,17,21H,4-5,10-11,13-16H2,1-3H3. The molecule has 0 spiro atoms. The average Bonchev–Trinajstić information content (AvgIpc) is 3.50. The summed E-state index contributed by atoms with van der Waals surface area (Å²) < 4.78 is 49.0. The summed E-state index contributed by atoms with van der Waals surface area (Å²) in [4.78, 5) is 30.0. The summed E-state index contributed by atoms with van der Waals surface area (Å²) in [6.07, 6.45) is -1.02. The molecule has 1 amide bonds. The van der Waals surface area contributed by atoms with Gasteiger partial charge in [-0.1, -0.05) is 12.1 Å². The van der Waals surface area contributed by atoms with Crippen molar-refractivity contribution in [2.45, 2.75) is 51.4 Å². The lowest BCUT2D eigenvalue weighted by Gasteiger charge is -2.40. The third kappa shape index (κ3) is 6.00. The Morgan fingerprint density at radius 3 is 2.25 bits per heavy atom. The second-order valence-corrected chi connectivity index (χ2v) is 10.2. The number of benzene rings is 1. The van der Waals surface area contributed by atoms with E-state index in [0.29, 0.717) is 0 Å². The van der Waals surface area contributed by atoms with Crippen LogP contribution in [0.25, 0.3) is 0 Å². The van der Waals surface area contributed by atoms with Gasteiger partial charge in [-0.05, 0) is 57.4 Å². The van der Waals surface area contributed by atoms with Gasteiger partial charge in [0.1, 0.15) is 11.6 Å². The Balaban J connectivity index is 1.43. The molecule has 8 nitrogen and oxygen atoms in total. The van der Waals surface area contributed by atoms with Gasteiger partial charge in [-0.15, -0.1) is 0 Å². The number of ether oxygens (including phenoxy) is 1. The van der Waals surface area contributed by atoms with Gasteiger partial charge >= 0.3 is 18.2 Å². The maximum atomic E-state index is 14.2. The lowest BCUT2D eigenvalue weighted by atomic mass is 10.0. The van der Waals surface area contributed by atoms with Gasteiger partial charge in [-0.2, -0.15) is 23.0 Å². The summed E-state index contributed by atoms with van der Waals surface area (Å²) in [5, 5.41) is 4.01. The highest BCUT2D eigenvalue weighted by Crippen LogP contribution is 2.39. The van der Waals surface area contributed by atoms with Gasteiger partial charge in [0.2, 0.25) is 0 Å². The Morgan fingerprint density at radius 2 is 1.64 bits per heavy atom. The molecule has 0 saturated carbocycles. The lowest BCUT2D eigenvalue weighted by Crippen LogP contribution is -2.53. The zero-order valence-electron chi connectivity index (χ0n) is 20.8. The van der Waals surface area contributed by atoms with Crippen molar-refractivity contribution >= 4 is 17.7 Å². The van der Waals surface area contributed by atoms with Crippen LogP contribution in [0.3, 0.4) is 0 Å². The second-order valence-electron chi connectivity index (χ2n) is 10.2. The van der Waals surface area contributed by atoms with Crippen molar-refractivity contribution in [2.24, 2.45) is 0 Å². The first kappa shape index (κ1) is 26.0. The highest BCUT2D eigenvalue weighted by atomic mass is 19.4. The molecule has 2 aliphatic rings. The molecule has 196 valence electrons. The summed E-state index contributed by atoms with van der Waals surface area (Å²) in [7, 11) is 0. The summed E-state index contributed by atoms with van der Waals surface area (Å²) >= 11 is 0. The first-order valence-corrected chi connectivity index (χ1v) is 12.2. The largest absolute Gasteiger partial charge is 0.455 e. The molecular formula is C25H32F3N5O3. The molecule has 2 aromatic rings. The predicted molar refractivity (Wildman–Crippen MR) is 128 cm³/mol. The number of halogens is 3. The third-order valence-electron chi connectivity index (χ3n) is 6.31. The predicted octanol–water partition coefficient (Wildman–Crippen LogP) is 4.33. The van der Waals surface area contributed by atoms with Gasteiger partial charge in [0.05, 0.1) is 0 Å². The van der Waals surface area contributed by atoms with Crippen LogP contribution in [0.4, 0.5) is 23.7 Å². The SMILES string of the molecule is CC(C)(C)OC(=O)c1ccn(C(=O)N2CCN(C(c3cccc(N4CCCC4)c3)C(F)(F)F)CC2)n1. The number of anilines is 1.